The topological polar surface area (TPSA) is 0 Å². The molecule has 0 unspecified atom stereocenters. The van der Waals surface area contributed by atoms with Gasteiger partial charge >= 0.3 is 23.7 Å². The Morgan fingerprint density at radius 1 is 0.562 bits per heavy atom. The standard InChI is InChI=1S/C8H10F8/c1-3-5(9,10)7(13,14)8(15,16)6(11,12)4-2/h3-4H2,1-2H3. The molecule has 0 aliphatic carbocycles. The van der Waals surface area contributed by atoms with Crippen LogP contribution in [0.25, 0.3) is 0 Å². The lowest BCUT2D eigenvalue weighted by Gasteiger charge is -2.36. The normalized spacial score (nSPS) is 15.4. The number of hydrogen-bond donors (Lipinski definition) is 0. The number of rotatable bonds is 5. The molecule has 0 aromatic rings. The molecule has 0 fully saturated rings. The van der Waals surface area contributed by atoms with Crippen LogP contribution in [0.15, 0.2) is 0 Å². The van der Waals surface area contributed by atoms with Gasteiger partial charge in [0.05, 0.1) is 0 Å². The van der Waals surface area contributed by atoms with Gasteiger partial charge < -0.3 is 0 Å². The molecule has 8 heteroatoms. The average molecular weight is 258 g/mol. The van der Waals surface area contributed by atoms with Gasteiger partial charge in [-0.3, -0.25) is 0 Å². The summed E-state index contributed by atoms with van der Waals surface area (Å²) in [6.45, 7) is 1.02. The van der Waals surface area contributed by atoms with Crippen LogP contribution in [0, 0.1) is 0 Å². The second-order valence-electron chi connectivity index (χ2n) is 3.26. The molecule has 0 N–H and O–H groups in total. The van der Waals surface area contributed by atoms with Crippen molar-refractivity contribution in [1.29, 1.82) is 0 Å². The Hall–Kier alpha value is -0.560. The van der Waals surface area contributed by atoms with Crippen LogP contribution in [-0.4, -0.2) is 23.7 Å². The third-order valence-corrected chi connectivity index (χ3v) is 2.20. The van der Waals surface area contributed by atoms with Crippen molar-refractivity contribution in [1.82, 2.24) is 0 Å². The smallest absolute Gasteiger partial charge is 0.200 e. The lowest BCUT2D eigenvalue weighted by atomic mass is 9.96. The van der Waals surface area contributed by atoms with Crippen LogP contribution in [-0.2, 0) is 0 Å². The van der Waals surface area contributed by atoms with Crippen molar-refractivity contribution in [2.45, 2.75) is 50.4 Å². The zero-order valence-corrected chi connectivity index (χ0v) is 8.44. The summed E-state index contributed by atoms with van der Waals surface area (Å²) in [5.41, 5.74) is 0. The lowest BCUT2D eigenvalue weighted by molar-refractivity contribution is -0.366. The quantitative estimate of drug-likeness (QED) is 0.643. The highest BCUT2D eigenvalue weighted by Crippen LogP contribution is 2.54. The minimum atomic E-state index is -6.09. The zero-order valence-electron chi connectivity index (χ0n) is 8.44. The zero-order chi connectivity index (χ0) is 13.4. The summed E-state index contributed by atoms with van der Waals surface area (Å²) >= 11 is 0. The van der Waals surface area contributed by atoms with Crippen molar-refractivity contribution in [3.63, 3.8) is 0 Å². The molecule has 0 radical (unpaired) electrons. The van der Waals surface area contributed by atoms with Gasteiger partial charge in [-0.25, -0.2) is 0 Å². The van der Waals surface area contributed by atoms with Gasteiger partial charge in [-0.15, -0.1) is 0 Å². The first-order valence-corrected chi connectivity index (χ1v) is 4.38. The maximum absolute atomic E-state index is 12.7. The van der Waals surface area contributed by atoms with Crippen LogP contribution in [0.1, 0.15) is 26.7 Å². The van der Waals surface area contributed by atoms with Gasteiger partial charge in [-0.05, 0) is 0 Å². The molecule has 16 heavy (non-hydrogen) atoms. The molecule has 0 aromatic heterocycles. The molecular formula is C8H10F8. The molecule has 0 amide bonds. The van der Waals surface area contributed by atoms with E-state index in [9.17, 15) is 35.1 Å². The van der Waals surface area contributed by atoms with Crippen LogP contribution in [0.2, 0.25) is 0 Å². The monoisotopic (exact) mass is 258 g/mol. The van der Waals surface area contributed by atoms with E-state index in [4.69, 9.17) is 0 Å². The predicted molar refractivity (Wildman–Crippen MR) is 40.4 cm³/mol. The molecule has 98 valence electrons. The second-order valence-corrected chi connectivity index (χ2v) is 3.26. The summed E-state index contributed by atoms with van der Waals surface area (Å²) in [7, 11) is 0. The SMILES string of the molecule is CCC(F)(F)C(F)(F)C(F)(F)C(F)(F)CC. The summed E-state index contributed by atoms with van der Waals surface area (Å²) in [6, 6.07) is 0. The first kappa shape index (κ1) is 15.4. The van der Waals surface area contributed by atoms with Crippen molar-refractivity contribution in [2.24, 2.45) is 0 Å². The predicted octanol–water partition coefficient (Wildman–Crippen LogP) is 4.35. The third kappa shape index (κ3) is 1.98. The maximum Gasteiger partial charge on any atom is 0.378 e. The van der Waals surface area contributed by atoms with E-state index in [1.54, 1.807) is 0 Å². The van der Waals surface area contributed by atoms with Crippen LogP contribution >= 0.6 is 0 Å². The highest BCUT2D eigenvalue weighted by molar-refractivity contribution is 5.02. The van der Waals surface area contributed by atoms with Gasteiger partial charge in [0.15, 0.2) is 0 Å². The van der Waals surface area contributed by atoms with Gasteiger partial charge in [0, 0.05) is 12.8 Å². The molecule has 0 atom stereocenters. The average Bonchev–Trinajstić information content (AvgIpc) is 2.16. The first-order chi connectivity index (χ1) is 6.87. The largest absolute Gasteiger partial charge is 0.378 e. The molecule has 0 spiro atoms. The molecular weight excluding hydrogens is 248 g/mol. The molecule has 0 aromatic carbocycles. The van der Waals surface area contributed by atoms with Gasteiger partial charge in [0.1, 0.15) is 0 Å². The second kappa shape index (κ2) is 4.03. The van der Waals surface area contributed by atoms with E-state index in [0.717, 1.165) is 0 Å². The van der Waals surface area contributed by atoms with Gasteiger partial charge in [0.2, 0.25) is 0 Å². The highest BCUT2D eigenvalue weighted by atomic mass is 19.4. The highest BCUT2D eigenvalue weighted by Gasteiger charge is 2.79. The van der Waals surface area contributed by atoms with Crippen LogP contribution in [0.4, 0.5) is 35.1 Å². The Bertz CT molecular complexity index is 218. The summed E-state index contributed by atoms with van der Waals surface area (Å²) in [5.74, 6) is -22.5. The number of halogens is 8. The van der Waals surface area contributed by atoms with Crippen molar-refractivity contribution in [3.8, 4) is 0 Å². The Labute approximate surface area is 86.6 Å². The molecule has 0 heterocycles. The molecule has 0 aliphatic rings. The lowest BCUT2D eigenvalue weighted by Crippen LogP contribution is -2.61. The fourth-order valence-electron chi connectivity index (χ4n) is 0.903. The maximum atomic E-state index is 12.7. The molecule has 0 rings (SSSR count). The van der Waals surface area contributed by atoms with E-state index in [-0.39, 0.29) is 0 Å². The van der Waals surface area contributed by atoms with Crippen molar-refractivity contribution in [3.05, 3.63) is 0 Å². The van der Waals surface area contributed by atoms with Crippen LogP contribution in [0.3, 0.4) is 0 Å². The molecule has 0 nitrogen and oxygen atoms in total. The Morgan fingerprint density at radius 2 is 0.750 bits per heavy atom. The summed E-state index contributed by atoms with van der Waals surface area (Å²) in [5, 5.41) is 0. The minimum absolute atomic E-state index is 0.508. The van der Waals surface area contributed by atoms with E-state index in [1.165, 1.54) is 0 Å². The number of hydrogen-bond acceptors (Lipinski definition) is 0. The molecule has 0 bridgehead atoms. The van der Waals surface area contributed by atoms with Crippen molar-refractivity contribution >= 4 is 0 Å². The molecule has 0 saturated heterocycles. The summed E-state index contributed by atoms with van der Waals surface area (Å²) < 4.78 is 101. The van der Waals surface area contributed by atoms with Gasteiger partial charge in [-0.1, -0.05) is 13.8 Å². The summed E-state index contributed by atoms with van der Waals surface area (Å²) in [4.78, 5) is 0. The van der Waals surface area contributed by atoms with Gasteiger partial charge in [0.25, 0.3) is 0 Å². The first-order valence-electron chi connectivity index (χ1n) is 4.38. The Morgan fingerprint density at radius 3 is 0.875 bits per heavy atom. The van der Waals surface area contributed by atoms with E-state index in [1.807, 2.05) is 0 Å². The molecule has 0 saturated carbocycles. The van der Waals surface area contributed by atoms with E-state index >= 15 is 0 Å². The Balaban J connectivity index is 5.46. The van der Waals surface area contributed by atoms with Crippen molar-refractivity contribution < 1.29 is 35.1 Å². The van der Waals surface area contributed by atoms with Crippen molar-refractivity contribution in [2.75, 3.05) is 0 Å². The van der Waals surface area contributed by atoms with Crippen LogP contribution < -0.4 is 0 Å². The van der Waals surface area contributed by atoms with Crippen LogP contribution in [0.5, 0.6) is 0 Å². The number of alkyl halides is 8. The molecule has 0 aliphatic heterocycles. The van der Waals surface area contributed by atoms with Gasteiger partial charge in [-0.2, -0.15) is 35.1 Å². The van der Waals surface area contributed by atoms with E-state index in [2.05, 4.69) is 0 Å². The fourth-order valence-corrected chi connectivity index (χ4v) is 0.903. The van der Waals surface area contributed by atoms with E-state index < -0.39 is 36.5 Å². The summed E-state index contributed by atoms with van der Waals surface area (Å²) in [6.07, 6.45) is -3.31. The third-order valence-electron chi connectivity index (χ3n) is 2.20. The minimum Gasteiger partial charge on any atom is -0.200 e. The fraction of sp³-hybridized carbons (Fsp3) is 1.00. The Kier molecular flexibility index (Phi) is 3.89. The van der Waals surface area contributed by atoms with E-state index in [0.29, 0.717) is 13.8 Å².